The Labute approximate surface area is 154 Å². The number of ketones is 1. The van der Waals surface area contributed by atoms with Gasteiger partial charge >= 0.3 is 0 Å². The number of benzene rings is 2. The summed E-state index contributed by atoms with van der Waals surface area (Å²) in [6.07, 6.45) is 1.66. The SMILES string of the molecule is Cc1ccc(/C=c2\c(=O)[nH][nH]c2=C2C(=O)c3ccccc3N(C)C2=O)cc1. The summed E-state index contributed by atoms with van der Waals surface area (Å²) in [5.41, 5.74) is 2.45. The summed E-state index contributed by atoms with van der Waals surface area (Å²) < 4.78 is 0. The van der Waals surface area contributed by atoms with Gasteiger partial charge in [0.1, 0.15) is 5.57 Å². The first-order chi connectivity index (χ1) is 13.0. The van der Waals surface area contributed by atoms with Crippen LogP contribution in [0.15, 0.2) is 53.3 Å². The zero-order valence-corrected chi connectivity index (χ0v) is 14.9. The van der Waals surface area contributed by atoms with Crippen LogP contribution in [-0.2, 0) is 4.79 Å². The number of aryl methyl sites for hydroxylation is 1. The van der Waals surface area contributed by atoms with Crippen LogP contribution in [0.25, 0.3) is 11.6 Å². The highest BCUT2D eigenvalue weighted by Crippen LogP contribution is 2.28. The second-order valence-electron chi connectivity index (χ2n) is 6.51. The number of Topliss-reactive ketones (excluding diaryl/α,β-unsaturated/α-hetero) is 1. The van der Waals surface area contributed by atoms with Gasteiger partial charge in [-0.05, 0) is 30.7 Å². The van der Waals surface area contributed by atoms with Crippen molar-refractivity contribution in [3.8, 4) is 0 Å². The Kier molecular flexibility index (Phi) is 3.88. The molecule has 3 aromatic rings. The molecule has 0 saturated heterocycles. The lowest BCUT2D eigenvalue weighted by molar-refractivity contribution is -0.113. The quantitative estimate of drug-likeness (QED) is 0.675. The van der Waals surface area contributed by atoms with Gasteiger partial charge in [0.15, 0.2) is 0 Å². The molecule has 0 bridgehead atoms. The normalized spacial score (nSPS) is 16.7. The molecule has 0 saturated carbocycles. The fourth-order valence-corrected chi connectivity index (χ4v) is 3.22. The van der Waals surface area contributed by atoms with E-state index in [1.165, 1.54) is 4.90 Å². The largest absolute Gasteiger partial charge is 0.310 e. The van der Waals surface area contributed by atoms with Crippen LogP contribution in [0.4, 0.5) is 5.69 Å². The number of carbonyl (C=O) groups excluding carboxylic acids is 2. The molecule has 6 heteroatoms. The van der Waals surface area contributed by atoms with E-state index >= 15 is 0 Å². The number of para-hydroxylation sites is 1. The zero-order valence-electron chi connectivity index (χ0n) is 14.9. The van der Waals surface area contributed by atoms with Crippen LogP contribution < -0.4 is 21.0 Å². The van der Waals surface area contributed by atoms with Crippen LogP contribution in [0.1, 0.15) is 21.5 Å². The molecule has 2 heterocycles. The Bertz CT molecular complexity index is 1250. The minimum absolute atomic E-state index is 0.0482. The smallest absolute Gasteiger partial charge is 0.271 e. The van der Waals surface area contributed by atoms with Crippen molar-refractivity contribution in [2.45, 2.75) is 6.92 Å². The van der Waals surface area contributed by atoms with E-state index in [2.05, 4.69) is 10.2 Å². The third-order valence-electron chi connectivity index (χ3n) is 4.71. The Morgan fingerprint density at radius 3 is 2.37 bits per heavy atom. The zero-order chi connectivity index (χ0) is 19.1. The summed E-state index contributed by atoms with van der Waals surface area (Å²) >= 11 is 0. The molecule has 2 aromatic carbocycles. The van der Waals surface area contributed by atoms with Crippen LogP contribution in [0.3, 0.4) is 0 Å². The number of nitrogens with one attached hydrogen (secondary N) is 2. The first-order valence-corrected chi connectivity index (χ1v) is 8.48. The molecule has 1 aliphatic rings. The first kappa shape index (κ1) is 16.8. The second kappa shape index (κ2) is 6.25. The standard InChI is InChI=1S/C21H17N3O3/c1-12-7-9-13(10-8-12)11-15-18(22-23-20(15)26)17-19(25)14-5-3-4-6-16(14)24(2)21(17)27/h3-11,22H,1-2H3,(H,23,26)/b15-11-,18-17?. The Morgan fingerprint density at radius 2 is 1.63 bits per heavy atom. The van der Waals surface area contributed by atoms with Crippen LogP contribution in [-0.4, -0.2) is 28.9 Å². The van der Waals surface area contributed by atoms with Crippen LogP contribution in [0.5, 0.6) is 0 Å². The van der Waals surface area contributed by atoms with Crippen LogP contribution in [0.2, 0.25) is 0 Å². The van der Waals surface area contributed by atoms with Crippen molar-refractivity contribution in [2.75, 3.05) is 11.9 Å². The van der Waals surface area contributed by atoms with E-state index in [9.17, 15) is 14.4 Å². The highest BCUT2D eigenvalue weighted by molar-refractivity contribution is 6.51. The van der Waals surface area contributed by atoms with E-state index in [1.807, 2.05) is 31.2 Å². The van der Waals surface area contributed by atoms with Crippen LogP contribution in [0, 0.1) is 6.92 Å². The second-order valence-corrected chi connectivity index (χ2v) is 6.51. The molecule has 1 amide bonds. The number of amides is 1. The molecule has 0 spiro atoms. The lowest BCUT2D eigenvalue weighted by Crippen LogP contribution is -2.44. The van der Waals surface area contributed by atoms with Gasteiger partial charge in [0.2, 0.25) is 5.78 Å². The predicted molar refractivity (Wildman–Crippen MR) is 103 cm³/mol. The molecule has 6 nitrogen and oxygen atoms in total. The molecule has 4 rings (SSSR count). The highest BCUT2D eigenvalue weighted by Gasteiger charge is 2.33. The van der Waals surface area contributed by atoms with Gasteiger partial charge in [0, 0.05) is 12.6 Å². The topological polar surface area (TPSA) is 86.0 Å². The Morgan fingerprint density at radius 1 is 0.926 bits per heavy atom. The molecule has 1 aromatic heterocycles. The van der Waals surface area contributed by atoms with Gasteiger partial charge in [-0.3, -0.25) is 24.6 Å². The maximum atomic E-state index is 13.0. The van der Waals surface area contributed by atoms with Gasteiger partial charge in [-0.2, -0.15) is 0 Å². The van der Waals surface area contributed by atoms with Crippen molar-refractivity contribution < 1.29 is 9.59 Å². The summed E-state index contributed by atoms with van der Waals surface area (Å²) in [6.45, 7) is 1.97. The maximum absolute atomic E-state index is 13.0. The summed E-state index contributed by atoms with van der Waals surface area (Å²) in [4.78, 5) is 39.6. The fraction of sp³-hybridized carbons (Fsp3) is 0.0952. The van der Waals surface area contributed by atoms with Crippen molar-refractivity contribution in [1.82, 2.24) is 10.2 Å². The molecule has 134 valence electrons. The summed E-state index contributed by atoms with van der Waals surface area (Å²) in [6, 6.07) is 14.5. The molecule has 27 heavy (non-hydrogen) atoms. The van der Waals surface area contributed by atoms with Crippen molar-refractivity contribution in [1.29, 1.82) is 0 Å². The lowest BCUT2D eigenvalue weighted by atomic mass is 9.95. The number of aromatic amines is 2. The van der Waals surface area contributed by atoms with Crippen molar-refractivity contribution in [2.24, 2.45) is 0 Å². The third kappa shape index (κ3) is 2.71. The number of carbonyl (C=O) groups is 2. The average molecular weight is 359 g/mol. The number of rotatable bonds is 1. The molecule has 0 fully saturated rings. The van der Waals surface area contributed by atoms with Gasteiger partial charge in [0.05, 0.1) is 16.3 Å². The molecule has 0 unspecified atom stereocenters. The van der Waals surface area contributed by atoms with Crippen molar-refractivity contribution >= 4 is 29.0 Å². The van der Waals surface area contributed by atoms with E-state index in [0.29, 0.717) is 11.3 Å². The van der Waals surface area contributed by atoms with Gasteiger partial charge in [-0.1, -0.05) is 42.0 Å². The number of hydrogen-bond acceptors (Lipinski definition) is 3. The molecule has 0 radical (unpaired) electrons. The summed E-state index contributed by atoms with van der Waals surface area (Å²) in [7, 11) is 1.61. The monoisotopic (exact) mass is 359 g/mol. The maximum Gasteiger partial charge on any atom is 0.271 e. The van der Waals surface area contributed by atoms with E-state index in [-0.39, 0.29) is 21.7 Å². The Hall–Kier alpha value is -3.67. The molecular formula is C21H17N3O3. The minimum Gasteiger partial charge on any atom is -0.310 e. The highest BCUT2D eigenvalue weighted by atomic mass is 16.2. The minimum atomic E-state index is -0.451. The van der Waals surface area contributed by atoms with Crippen molar-refractivity contribution in [3.05, 3.63) is 86.1 Å². The molecule has 0 aliphatic carbocycles. The first-order valence-electron chi connectivity index (χ1n) is 8.48. The van der Waals surface area contributed by atoms with Gasteiger partial charge in [-0.15, -0.1) is 0 Å². The predicted octanol–water partition coefficient (Wildman–Crippen LogP) is 0.850. The third-order valence-corrected chi connectivity index (χ3v) is 4.71. The van der Waals surface area contributed by atoms with E-state index in [1.54, 1.807) is 37.4 Å². The number of nitrogens with zero attached hydrogens (tertiary/aromatic N) is 1. The molecule has 0 atom stereocenters. The number of hydrogen-bond donors (Lipinski definition) is 2. The molecule has 2 N–H and O–H groups in total. The summed E-state index contributed by atoms with van der Waals surface area (Å²) in [5, 5.41) is 5.66. The van der Waals surface area contributed by atoms with Gasteiger partial charge in [-0.25, -0.2) is 0 Å². The van der Waals surface area contributed by atoms with E-state index in [4.69, 9.17) is 0 Å². The number of fused-ring (bicyclic) bond motifs is 1. The number of anilines is 1. The average Bonchev–Trinajstić information content (AvgIpc) is 3.02. The molecular weight excluding hydrogens is 342 g/mol. The number of H-pyrrole nitrogens is 2. The number of aromatic nitrogens is 2. The molecule has 1 aliphatic heterocycles. The lowest BCUT2D eigenvalue weighted by Gasteiger charge is -2.25. The van der Waals surface area contributed by atoms with Crippen LogP contribution >= 0.6 is 0 Å². The van der Waals surface area contributed by atoms with Gasteiger partial charge < -0.3 is 4.90 Å². The van der Waals surface area contributed by atoms with E-state index < -0.39 is 11.7 Å². The Balaban J connectivity index is 2.03. The fourth-order valence-electron chi connectivity index (χ4n) is 3.22. The van der Waals surface area contributed by atoms with E-state index in [0.717, 1.165) is 11.1 Å². The van der Waals surface area contributed by atoms with Gasteiger partial charge in [0.25, 0.3) is 11.5 Å². The van der Waals surface area contributed by atoms with Crippen molar-refractivity contribution in [3.63, 3.8) is 0 Å². The summed E-state index contributed by atoms with van der Waals surface area (Å²) in [5.74, 6) is -0.852.